The van der Waals surface area contributed by atoms with Crippen LogP contribution < -0.4 is 5.32 Å². The third-order valence-electron chi connectivity index (χ3n) is 5.56. The van der Waals surface area contributed by atoms with Crippen molar-refractivity contribution in [1.82, 2.24) is 15.1 Å². The lowest BCUT2D eigenvalue weighted by molar-refractivity contribution is -0.130. The number of carbonyl (C=O) groups excluding carboxylic acids is 1. The van der Waals surface area contributed by atoms with Crippen molar-refractivity contribution in [1.29, 1.82) is 0 Å². The molecule has 6 nitrogen and oxygen atoms in total. The number of hydrogen-bond donors (Lipinski definition) is 1. The number of nitrogens with zero attached hydrogens (tertiary/aromatic N) is 3. The van der Waals surface area contributed by atoms with Crippen molar-refractivity contribution in [3.63, 3.8) is 0 Å². The number of rotatable bonds is 6. The summed E-state index contributed by atoms with van der Waals surface area (Å²) in [6, 6.07) is 8.67. The number of ether oxygens (including phenoxy) is 1. The Balaban J connectivity index is 0.00000300. The highest BCUT2D eigenvalue weighted by Gasteiger charge is 2.21. The second-order valence-electron chi connectivity index (χ2n) is 7.53. The largest absolute Gasteiger partial charge is 0.373 e. The van der Waals surface area contributed by atoms with E-state index in [2.05, 4.69) is 41.4 Å². The fourth-order valence-electron chi connectivity index (χ4n) is 4.02. The molecule has 1 unspecified atom stereocenters. The second kappa shape index (κ2) is 12.4. The molecule has 29 heavy (non-hydrogen) atoms. The normalized spacial score (nSPS) is 19.4. The molecule has 1 aromatic rings. The van der Waals surface area contributed by atoms with Crippen LogP contribution in [0.2, 0.25) is 0 Å². The molecular weight excluding hydrogens is 479 g/mol. The van der Waals surface area contributed by atoms with Crippen molar-refractivity contribution in [2.45, 2.75) is 45.6 Å². The molecule has 1 amide bonds. The molecule has 1 heterocycles. The van der Waals surface area contributed by atoms with E-state index >= 15 is 0 Å². The molecule has 1 saturated heterocycles. The first-order chi connectivity index (χ1) is 13.7. The monoisotopic (exact) mass is 514 g/mol. The van der Waals surface area contributed by atoms with Gasteiger partial charge >= 0.3 is 0 Å². The number of aryl methyl sites for hydroxylation is 1. The first kappa shape index (κ1) is 23.9. The standard InChI is InChI=1S/C22H34N4O2.HI/c1-3-23-22(26-15-13-25(14-16-26)18(2)27)24-12-7-17-28-21-11-6-9-19-8-4-5-10-20(19)21;/h4-5,8,10,21H,3,6-7,9,11-17H2,1-2H3,(H,23,24);1H. The lowest BCUT2D eigenvalue weighted by Crippen LogP contribution is -2.53. The van der Waals surface area contributed by atoms with Gasteiger partial charge in [0.2, 0.25) is 5.91 Å². The van der Waals surface area contributed by atoms with E-state index in [-0.39, 0.29) is 36.0 Å². The van der Waals surface area contributed by atoms with Crippen molar-refractivity contribution in [2.24, 2.45) is 4.99 Å². The Kier molecular flexibility index (Phi) is 10.2. The van der Waals surface area contributed by atoms with Gasteiger partial charge in [-0.3, -0.25) is 9.79 Å². The number of aliphatic imine (C=N–C) groups is 1. The number of piperazine rings is 1. The summed E-state index contributed by atoms with van der Waals surface area (Å²) in [5, 5.41) is 3.38. The van der Waals surface area contributed by atoms with Crippen LogP contribution in [-0.4, -0.2) is 67.5 Å². The zero-order chi connectivity index (χ0) is 19.8. The number of amides is 1. The second-order valence-corrected chi connectivity index (χ2v) is 7.53. The molecule has 1 atom stereocenters. The molecule has 0 radical (unpaired) electrons. The van der Waals surface area contributed by atoms with E-state index in [0.717, 1.165) is 64.7 Å². The molecule has 0 saturated carbocycles. The summed E-state index contributed by atoms with van der Waals surface area (Å²) >= 11 is 0. The van der Waals surface area contributed by atoms with Gasteiger partial charge in [-0.2, -0.15) is 0 Å². The average molecular weight is 514 g/mol. The fraction of sp³-hybridized carbons (Fsp3) is 0.636. The molecule has 1 N–H and O–H groups in total. The molecule has 0 bridgehead atoms. The van der Waals surface area contributed by atoms with Gasteiger partial charge in [-0.15, -0.1) is 24.0 Å². The highest BCUT2D eigenvalue weighted by molar-refractivity contribution is 14.0. The summed E-state index contributed by atoms with van der Waals surface area (Å²) in [5.74, 6) is 1.11. The van der Waals surface area contributed by atoms with Gasteiger partial charge in [0.25, 0.3) is 0 Å². The van der Waals surface area contributed by atoms with E-state index in [1.807, 2.05) is 4.90 Å². The van der Waals surface area contributed by atoms with Crippen molar-refractivity contribution in [2.75, 3.05) is 45.9 Å². The van der Waals surface area contributed by atoms with Crippen LogP contribution in [0.3, 0.4) is 0 Å². The van der Waals surface area contributed by atoms with E-state index in [0.29, 0.717) is 0 Å². The van der Waals surface area contributed by atoms with Crippen molar-refractivity contribution >= 4 is 35.8 Å². The Morgan fingerprint density at radius 3 is 2.66 bits per heavy atom. The molecule has 7 heteroatoms. The number of guanidine groups is 1. The van der Waals surface area contributed by atoms with Crippen LogP contribution >= 0.6 is 24.0 Å². The Bertz CT molecular complexity index is 675. The molecule has 1 aliphatic carbocycles. The van der Waals surface area contributed by atoms with Crippen molar-refractivity contribution in [3.05, 3.63) is 35.4 Å². The first-order valence-corrected chi connectivity index (χ1v) is 10.7. The zero-order valence-corrected chi connectivity index (χ0v) is 20.1. The topological polar surface area (TPSA) is 57.2 Å². The van der Waals surface area contributed by atoms with Gasteiger partial charge in [-0.05, 0) is 43.7 Å². The summed E-state index contributed by atoms with van der Waals surface area (Å²) < 4.78 is 6.19. The van der Waals surface area contributed by atoms with Crippen LogP contribution in [0.1, 0.15) is 50.3 Å². The van der Waals surface area contributed by atoms with Crippen LogP contribution in [0, 0.1) is 0 Å². The molecule has 3 rings (SSSR count). The summed E-state index contributed by atoms with van der Waals surface area (Å²) in [7, 11) is 0. The van der Waals surface area contributed by atoms with Crippen LogP contribution in [0.5, 0.6) is 0 Å². The Hall–Kier alpha value is -1.35. The minimum Gasteiger partial charge on any atom is -0.373 e. The number of carbonyl (C=O) groups is 1. The summed E-state index contributed by atoms with van der Waals surface area (Å²) in [5.41, 5.74) is 2.81. The molecule has 2 aliphatic rings. The summed E-state index contributed by atoms with van der Waals surface area (Å²) in [4.78, 5) is 20.4. The van der Waals surface area contributed by atoms with Crippen LogP contribution in [0.4, 0.5) is 0 Å². The predicted octanol–water partition coefficient (Wildman–Crippen LogP) is 3.22. The van der Waals surface area contributed by atoms with Crippen molar-refractivity contribution in [3.8, 4) is 0 Å². The quantitative estimate of drug-likeness (QED) is 0.274. The van der Waals surface area contributed by atoms with Crippen LogP contribution in [0.15, 0.2) is 29.3 Å². The third-order valence-corrected chi connectivity index (χ3v) is 5.56. The molecule has 0 aromatic heterocycles. The van der Waals surface area contributed by atoms with Gasteiger partial charge in [-0.1, -0.05) is 24.3 Å². The lowest BCUT2D eigenvalue weighted by atomic mass is 9.89. The molecule has 162 valence electrons. The lowest BCUT2D eigenvalue weighted by Gasteiger charge is -2.36. The highest BCUT2D eigenvalue weighted by Crippen LogP contribution is 2.32. The maximum Gasteiger partial charge on any atom is 0.219 e. The molecule has 1 fully saturated rings. The first-order valence-electron chi connectivity index (χ1n) is 10.7. The molecule has 1 aromatic carbocycles. The number of fused-ring (bicyclic) bond motifs is 1. The van der Waals surface area contributed by atoms with E-state index in [4.69, 9.17) is 9.73 Å². The van der Waals surface area contributed by atoms with E-state index in [1.165, 1.54) is 24.0 Å². The van der Waals surface area contributed by atoms with Gasteiger partial charge in [0.15, 0.2) is 5.96 Å². The van der Waals surface area contributed by atoms with Gasteiger partial charge in [-0.25, -0.2) is 0 Å². The molecule has 0 spiro atoms. The predicted molar refractivity (Wildman–Crippen MR) is 128 cm³/mol. The zero-order valence-electron chi connectivity index (χ0n) is 17.7. The number of benzene rings is 1. The summed E-state index contributed by atoms with van der Waals surface area (Å²) in [6.45, 7) is 9.27. The molecular formula is C22H35IN4O2. The van der Waals surface area contributed by atoms with Gasteiger partial charge in [0.1, 0.15) is 0 Å². The third kappa shape index (κ3) is 6.84. The highest BCUT2D eigenvalue weighted by atomic mass is 127. The minimum atomic E-state index is 0. The van der Waals surface area contributed by atoms with E-state index < -0.39 is 0 Å². The van der Waals surface area contributed by atoms with Crippen LogP contribution in [0.25, 0.3) is 0 Å². The number of nitrogens with one attached hydrogen (secondary N) is 1. The number of halogens is 1. The molecule has 1 aliphatic heterocycles. The van der Waals surface area contributed by atoms with Crippen molar-refractivity contribution < 1.29 is 9.53 Å². The average Bonchev–Trinajstić information content (AvgIpc) is 2.73. The van der Waals surface area contributed by atoms with E-state index in [9.17, 15) is 4.79 Å². The SMILES string of the molecule is CCNC(=NCCCOC1CCCc2ccccc21)N1CCN(C(C)=O)CC1.I. The van der Waals surface area contributed by atoms with E-state index in [1.54, 1.807) is 6.92 Å². The minimum absolute atomic E-state index is 0. The van der Waals surface area contributed by atoms with Gasteiger partial charge in [0, 0.05) is 52.8 Å². The summed E-state index contributed by atoms with van der Waals surface area (Å²) in [6.07, 6.45) is 4.64. The Morgan fingerprint density at radius 1 is 1.21 bits per heavy atom. The fourth-order valence-corrected chi connectivity index (χ4v) is 4.02. The smallest absolute Gasteiger partial charge is 0.219 e. The van der Waals surface area contributed by atoms with Crippen LogP contribution in [-0.2, 0) is 16.0 Å². The Labute approximate surface area is 192 Å². The maximum atomic E-state index is 11.5. The van der Waals surface area contributed by atoms with Gasteiger partial charge in [0.05, 0.1) is 6.10 Å². The van der Waals surface area contributed by atoms with Gasteiger partial charge < -0.3 is 19.9 Å². The number of hydrogen-bond acceptors (Lipinski definition) is 3. The Morgan fingerprint density at radius 2 is 1.93 bits per heavy atom. The maximum absolute atomic E-state index is 11.5.